The number of aliphatic hydroxyl groups is 1. The summed E-state index contributed by atoms with van der Waals surface area (Å²) < 4.78 is 63.7. The van der Waals surface area contributed by atoms with Gasteiger partial charge in [-0.05, 0) is 95.2 Å². The first-order valence-corrected chi connectivity index (χ1v) is 31.3. The Hall–Kier alpha value is -7.89. The number of nitrogens with zero attached hydrogens (tertiary/aromatic N) is 3. The molecule has 9 amide bonds. The highest BCUT2D eigenvalue weighted by Crippen LogP contribution is 2.49. The number of nitrogens with one attached hydrogen (secondary N) is 5. The Morgan fingerprint density at radius 3 is 2.33 bits per heavy atom. The molecule has 0 saturated carbocycles. The third-order valence-corrected chi connectivity index (χ3v) is 17.9. The third-order valence-electron chi connectivity index (χ3n) is 16.1. The van der Waals surface area contributed by atoms with Crippen molar-refractivity contribution in [3.63, 3.8) is 0 Å². The number of rotatable bonds is 25. The van der Waals surface area contributed by atoms with Gasteiger partial charge in [-0.3, -0.25) is 39.1 Å². The van der Waals surface area contributed by atoms with Gasteiger partial charge in [-0.2, -0.15) is 4.72 Å². The van der Waals surface area contributed by atoms with Crippen LogP contribution in [0.1, 0.15) is 97.1 Å². The summed E-state index contributed by atoms with van der Waals surface area (Å²) >= 11 is 6.83. The smallest absolute Gasteiger partial charge is 0.410 e. The van der Waals surface area contributed by atoms with Crippen LogP contribution < -0.4 is 41.4 Å². The maximum absolute atomic E-state index is 14.4. The maximum Gasteiger partial charge on any atom is 0.410 e. The lowest BCUT2D eigenvalue weighted by molar-refractivity contribution is -0.158. The van der Waals surface area contributed by atoms with E-state index < -0.39 is 130 Å². The van der Waals surface area contributed by atoms with Gasteiger partial charge in [0.05, 0.1) is 31.1 Å². The van der Waals surface area contributed by atoms with Crippen LogP contribution in [0.15, 0.2) is 84.5 Å². The SMILES string of the molecule is C=C(C)C(NS(=O)(=O)CCCCCCN1C(=O)C=CC1=O)C(=O)NC(CCCNC(N)=O)C(=O)Nc1ccc(COC(=O)N(C)C(C)C(=O)OC2CC(=O)N(C)c3cc(cc(OC)c3Cl)CC(C)=CC=CC(OC)C3(O)CC(OC(=O)N3)C(C)C3OC23C)cc1. The second-order valence-corrected chi connectivity index (χ2v) is 25.3. The van der Waals surface area contributed by atoms with Crippen LogP contribution in [0.3, 0.4) is 0 Å². The number of hydrogen-bond acceptors (Lipinski definition) is 18. The fraction of sp³-hybridized carbons (Fsp3) is 0.525. The molecule has 10 unspecified atom stereocenters. The second kappa shape index (κ2) is 31.2. The largest absolute Gasteiger partial charge is 0.495 e. The summed E-state index contributed by atoms with van der Waals surface area (Å²) in [6.45, 7) is 11.8. The maximum atomic E-state index is 14.4. The number of benzene rings is 2. The number of primary amides is 1. The molecule has 4 bridgehead atoms. The zero-order valence-electron chi connectivity index (χ0n) is 52.0. The van der Waals surface area contributed by atoms with E-state index >= 15 is 0 Å². The average Bonchev–Trinajstić information content (AvgIpc) is 1.61. The Morgan fingerprint density at radius 2 is 1.69 bits per heavy atom. The van der Waals surface area contributed by atoms with E-state index in [1.54, 1.807) is 50.3 Å². The molecule has 4 aliphatic heterocycles. The molecule has 8 N–H and O–H groups in total. The minimum absolute atomic E-state index is 0.0234. The number of hydrogen-bond donors (Lipinski definition) is 7. The van der Waals surface area contributed by atoms with Gasteiger partial charge >= 0.3 is 24.2 Å². The van der Waals surface area contributed by atoms with Crippen molar-refractivity contribution in [2.24, 2.45) is 11.7 Å². The standard InChI is InChI=1S/C61H82ClN9O18S/c1-35(2)52(68-90(82,83)28-14-12-11-13-27-71-48(72)24-25-49(71)73)55(76)66-42(18-16-26-64-57(63)78)54(75)65-41-22-20-39(21-23-41)34-86-59(80)69(7)38(5)56(77)88-47-32-50(74)70(8)43-30-40(31-44(84-9)51(43)62)29-36(3)17-15-19-46(85-10)61(81)33-45(87-58(79)67-61)37(4)53-60(47,6)89-53/h15,17,19-25,30-31,37-38,42,45-47,52-53,68,81H,1,11-14,16,18,26-29,32-34H2,2-10H3,(H,65,75)(H,66,76)(H,67,79)(H3,63,64,78). The number of fused-ring (bicyclic) bond motifs is 5. The Bertz CT molecular complexity index is 3240. The average molecular weight is 1300 g/mol. The fourth-order valence-electron chi connectivity index (χ4n) is 10.5. The van der Waals surface area contributed by atoms with E-state index in [2.05, 4.69) is 32.6 Å². The molecule has 0 aromatic heterocycles. The van der Waals surface area contributed by atoms with Gasteiger partial charge in [0.2, 0.25) is 27.7 Å². The predicted octanol–water partition coefficient (Wildman–Crippen LogP) is 4.55. The van der Waals surface area contributed by atoms with Crippen molar-refractivity contribution in [2.45, 2.75) is 153 Å². The van der Waals surface area contributed by atoms with Crippen LogP contribution in [-0.2, 0) is 75.5 Å². The van der Waals surface area contributed by atoms with Crippen LogP contribution in [-0.4, -0.2) is 178 Å². The number of allylic oxidation sites excluding steroid dienone is 3. The molecule has 10 atom stereocenters. The number of methoxy groups -OCH3 is 2. The number of amides is 9. The number of nitrogens with two attached hydrogens (primary N) is 1. The van der Waals surface area contributed by atoms with Gasteiger partial charge < -0.3 is 60.1 Å². The molecular formula is C61H82ClN9O18S. The first-order valence-electron chi connectivity index (χ1n) is 29.3. The van der Waals surface area contributed by atoms with Crippen LogP contribution in [0.2, 0.25) is 5.02 Å². The number of urea groups is 1. The van der Waals surface area contributed by atoms with Crippen LogP contribution >= 0.6 is 11.6 Å². The summed E-state index contributed by atoms with van der Waals surface area (Å²) in [5.74, 6) is -4.53. The Balaban J connectivity index is 1.09. The number of carbonyl (C=O) groups is 9. The lowest BCUT2D eigenvalue weighted by atomic mass is 9.83. The summed E-state index contributed by atoms with van der Waals surface area (Å²) in [5, 5.41) is 22.3. The number of likely N-dealkylation sites (N-methyl/N-ethyl adjacent to an activating group) is 1. The number of unbranched alkanes of at least 4 members (excludes halogenated alkanes) is 3. The van der Waals surface area contributed by atoms with Crippen molar-refractivity contribution in [3.8, 4) is 5.75 Å². The highest BCUT2D eigenvalue weighted by molar-refractivity contribution is 7.89. The van der Waals surface area contributed by atoms with Gasteiger partial charge in [0, 0.05) is 64.5 Å². The van der Waals surface area contributed by atoms with E-state index in [1.807, 2.05) is 13.0 Å². The van der Waals surface area contributed by atoms with Gasteiger partial charge in [0.15, 0.2) is 5.72 Å². The first-order chi connectivity index (χ1) is 42.4. The summed E-state index contributed by atoms with van der Waals surface area (Å²) in [5.41, 5.74) is 4.67. The molecule has 29 heteroatoms. The number of imide groups is 1. The van der Waals surface area contributed by atoms with Crippen molar-refractivity contribution < 1.29 is 85.1 Å². The van der Waals surface area contributed by atoms with Crippen molar-refractivity contribution >= 4 is 86.7 Å². The molecule has 2 aromatic rings. The van der Waals surface area contributed by atoms with Crippen LogP contribution in [0.4, 0.5) is 25.8 Å². The first kappa shape index (κ1) is 71.2. The van der Waals surface area contributed by atoms with E-state index in [0.717, 1.165) is 20.9 Å². The van der Waals surface area contributed by atoms with Crippen LogP contribution in [0.5, 0.6) is 5.75 Å². The van der Waals surface area contributed by atoms with Crippen molar-refractivity contribution in [1.82, 2.24) is 30.5 Å². The van der Waals surface area contributed by atoms with Crippen LogP contribution in [0.25, 0.3) is 0 Å². The lowest BCUT2D eigenvalue weighted by Crippen LogP contribution is -2.63. The Kier molecular flexibility index (Phi) is 24.7. The van der Waals surface area contributed by atoms with Crippen molar-refractivity contribution in [2.75, 3.05) is 57.4 Å². The predicted molar refractivity (Wildman–Crippen MR) is 330 cm³/mol. The number of epoxide rings is 1. The monoisotopic (exact) mass is 1300 g/mol. The molecule has 27 nitrogen and oxygen atoms in total. The zero-order valence-corrected chi connectivity index (χ0v) is 53.5. The van der Waals surface area contributed by atoms with Crippen LogP contribution in [0, 0.1) is 5.92 Å². The van der Waals surface area contributed by atoms with Gasteiger partial charge in [0.1, 0.15) is 59.4 Å². The number of carbonyl (C=O) groups excluding carboxylic acids is 9. The number of esters is 1. The Morgan fingerprint density at radius 1 is 1.01 bits per heavy atom. The van der Waals surface area contributed by atoms with Crippen molar-refractivity contribution in [1.29, 1.82) is 0 Å². The molecule has 90 heavy (non-hydrogen) atoms. The highest BCUT2D eigenvalue weighted by atomic mass is 35.5. The molecule has 0 aliphatic carbocycles. The van der Waals surface area contributed by atoms with E-state index in [9.17, 15) is 56.7 Å². The van der Waals surface area contributed by atoms with Gasteiger partial charge in [0.25, 0.3) is 11.8 Å². The molecule has 4 heterocycles. The quantitative estimate of drug-likeness (QED) is 0.0179. The topological polar surface area (TPSA) is 363 Å². The summed E-state index contributed by atoms with van der Waals surface area (Å²) in [4.78, 5) is 121. The minimum Gasteiger partial charge on any atom is -0.495 e. The summed E-state index contributed by atoms with van der Waals surface area (Å²) in [6, 6.07) is 4.74. The minimum atomic E-state index is -4.05. The molecule has 6 rings (SSSR count). The molecule has 0 radical (unpaired) electrons. The van der Waals surface area contributed by atoms with E-state index in [4.69, 9.17) is 45.8 Å². The van der Waals surface area contributed by atoms with E-state index in [0.29, 0.717) is 42.7 Å². The van der Waals surface area contributed by atoms with Gasteiger partial charge in [-0.15, -0.1) is 0 Å². The summed E-state index contributed by atoms with van der Waals surface area (Å²) in [6.07, 6.45) is 3.21. The molecule has 492 valence electrons. The highest BCUT2D eigenvalue weighted by Gasteiger charge is 2.64. The molecule has 2 saturated heterocycles. The normalized spacial score (nSPS) is 23.6. The van der Waals surface area contributed by atoms with E-state index in [-0.39, 0.29) is 67.4 Å². The molecule has 2 aromatic carbocycles. The number of sulfonamides is 1. The molecular weight excluding hydrogens is 1210 g/mol. The lowest BCUT2D eigenvalue weighted by Gasteiger charge is -2.42. The number of alkyl carbamates (subject to hydrolysis) is 1. The fourth-order valence-corrected chi connectivity index (χ4v) is 12.2. The molecule has 0 spiro atoms. The van der Waals surface area contributed by atoms with Gasteiger partial charge in [-0.1, -0.05) is 79.5 Å². The zero-order chi connectivity index (χ0) is 66.4. The number of anilines is 2. The van der Waals surface area contributed by atoms with Crippen molar-refractivity contribution in [3.05, 3.63) is 101 Å². The second-order valence-electron chi connectivity index (χ2n) is 23.0. The third kappa shape index (κ3) is 18.8. The summed E-state index contributed by atoms with van der Waals surface area (Å²) in [7, 11) is 1.61. The van der Waals surface area contributed by atoms with Gasteiger partial charge in [-0.25, -0.2) is 27.6 Å². The number of halogens is 1. The number of ether oxygens (including phenoxy) is 6. The molecule has 4 aliphatic rings. The molecule has 2 fully saturated rings. The van der Waals surface area contributed by atoms with E-state index in [1.165, 1.54) is 71.3 Å². The Labute approximate surface area is 528 Å².